The van der Waals surface area contributed by atoms with Crippen LogP contribution in [-0.2, 0) is 6.54 Å². The molecular weight excluding hydrogens is 346 g/mol. The molecule has 0 unspecified atom stereocenters. The second-order valence-corrected chi connectivity index (χ2v) is 5.01. The minimum atomic E-state index is -2.85. The number of hydrogen-bond donors (Lipinski definition) is 1. The highest BCUT2D eigenvalue weighted by molar-refractivity contribution is 9.10. The number of aromatic nitrogens is 1. The Kier molecular flexibility index (Phi) is 5.21. The molecule has 0 spiro atoms. The van der Waals surface area contributed by atoms with Crippen LogP contribution in [0.25, 0.3) is 0 Å². The van der Waals surface area contributed by atoms with Crippen LogP contribution in [-0.4, -0.2) is 17.5 Å². The molecular formula is C14H11BrF2N2O2. The smallest absolute Gasteiger partial charge is 0.387 e. The van der Waals surface area contributed by atoms with E-state index in [9.17, 15) is 13.6 Å². The van der Waals surface area contributed by atoms with E-state index in [4.69, 9.17) is 0 Å². The summed E-state index contributed by atoms with van der Waals surface area (Å²) in [4.78, 5) is 15.8. The quantitative estimate of drug-likeness (QED) is 0.893. The zero-order chi connectivity index (χ0) is 15.2. The van der Waals surface area contributed by atoms with Crippen molar-refractivity contribution in [3.63, 3.8) is 0 Å². The number of ether oxygens (including phenoxy) is 1. The van der Waals surface area contributed by atoms with Gasteiger partial charge in [-0.15, -0.1) is 0 Å². The number of nitrogens with zero attached hydrogens (tertiary/aromatic N) is 1. The predicted octanol–water partition coefficient (Wildman–Crippen LogP) is 3.38. The van der Waals surface area contributed by atoms with Crippen molar-refractivity contribution in [2.75, 3.05) is 0 Å². The van der Waals surface area contributed by atoms with E-state index < -0.39 is 6.61 Å². The molecule has 1 N–H and O–H groups in total. The van der Waals surface area contributed by atoms with Crippen molar-refractivity contribution in [3.05, 3.63) is 58.3 Å². The Labute approximate surface area is 128 Å². The monoisotopic (exact) mass is 356 g/mol. The number of pyridine rings is 1. The summed E-state index contributed by atoms with van der Waals surface area (Å²) < 4.78 is 29.0. The molecule has 7 heteroatoms. The fourth-order valence-corrected chi connectivity index (χ4v) is 1.97. The van der Waals surface area contributed by atoms with Gasteiger partial charge in [0.25, 0.3) is 5.91 Å². The third kappa shape index (κ3) is 4.78. The highest BCUT2D eigenvalue weighted by Gasteiger charge is 2.07. The molecule has 0 atom stereocenters. The van der Waals surface area contributed by atoms with Gasteiger partial charge in [-0.1, -0.05) is 12.1 Å². The summed E-state index contributed by atoms with van der Waals surface area (Å²) in [6.45, 7) is -2.57. The molecule has 2 rings (SSSR count). The summed E-state index contributed by atoms with van der Waals surface area (Å²) in [6, 6.07) is 7.72. The lowest BCUT2D eigenvalue weighted by Crippen LogP contribution is -2.22. The number of alkyl halides is 2. The number of nitrogens with one attached hydrogen (secondary N) is 1. The van der Waals surface area contributed by atoms with Gasteiger partial charge < -0.3 is 10.1 Å². The maximum atomic E-state index is 12.0. The first-order valence-corrected chi connectivity index (χ1v) is 6.76. The first kappa shape index (κ1) is 15.4. The number of carbonyl (C=O) groups is 1. The lowest BCUT2D eigenvalue weighted by atomic mass is 10.2. The molecule has 0 saturated carbocycles. The van der Waals surface area contributed by atoms with Crippen molar-refractivity contribution >= 4 is 21.8 Å². The Morgan fingerprint density at radius 1 is 1.29 bits per heavy atom. The predicted molar refractivity (Wildman–Crippen MR) is 76.2 cm³/mol. The van der Waals surface area contributed by atoms with Gasteiger partial charge in [0.1, 0.15) is 5.75 Å². The maximum Gasteiger partial charge on any atom is 0.387 e. The fourth-order valence-electron chi connectivity index (χ4n) is 1.61. The van der Waals surface area contributed by atoms with Crippen molar-refractivity contribution in [2.45, 2.75) is 13.2 Å². The lowest BCUT2D eigenvalue weighted by molar-refractivity contribution is -0.0498. The Morgan fingerprint density at radius 3 is 2.62 bits per heavy atom. The van der Waals surface area contributed by atoms with Crippen LogP contribution in [0.2, 0.25) is 0 Å². The fraction of sp³-hybridized carbons (Fsp3) is 0.143. The molecule has 0 radical (unpaired) electrons. The van der Waals surface area contributed by atoms with E-state index in [0.717, 1.165) is 5.56 Å². The second-order valence-electron chi connectivity index (χ2n) is 4.10. The molecule has 1 heterocycles. The first-order valence-electron chi connectivity index (χ1n) is 5.97. The normalized spacial score (nSPS) is 10.5. The van der Waals surface area contributed by atoms with Crippen LogP contribution in [0, 0.1) is 0 Å². The zero-order valence-corrected chi connectivity index (χ0v) is 12.3. The maximum absolute atomic E-state index is 12.0. The van der Waals surface area contributed by atoms with Crippen LogP contribution in [0.4, 0.5) is 8.78 Å². The molecule has 0 bridgehead atoms. The van der Waals surface area contributed by atoms with Gasteiger partial charge in [0, 0.05) is 23.4 Å². The average Bonchev–Trinajstić information content (AvgIpc) is 2.45. The number of hydrogen-bond acceptors (Lipinski definition) is 3. The van der Waals surface area contributed by atoms with Crippen LogP contribution in [0.5, 0.6) is 5.75 Å². The van der Waals surface area contributed by atoms with Gasteiger partial charge in [0.05, 0.1) is 5.56 Å². The topological polar surface area (TPSA) is 51.2 Å². The first-order chi connectivity index (χ1) is 10.0. The van der Waals surface area contributed by atoms with Gasteiger partial charge in [-0.2, -0.15) is 8.78 Å². The second kappa shape index (κ2) is 7.12. The number of benzene rings is 1. The molecule has 2 aromatic rings. The van der Waals surface area contributed by atoms with E-state index in [0.29, 0.717) is 10.0 Å². The Morgan fingerprint density at radius 2 is 2.00 bits per heavy atom. The molecule has 0 aliphatic carbocycles. The van der Waals surface area contributed by atoms with E-state index in [1.807, 2.05) is 0 Å². The third-order valence-electron chi connectivity index (χ3n) is 2.57. The third-order valence-corrected chi connectivity index (χ3v) is 3.00. The van der Waals surface area contributed by atoms with Gasteiger partial charge in [0.15, 0.2) is 0 Å². The van der Waals surface area contributed by atoms with Gasteiger partial charge in [-0.3, -0.25) is 9.78 Å². The highest BCUT2D eigenvalue weighted by atomic mass is 79.9. The average molecular weight is 357 g/mol. The number of amides is 1. The van der Waals surface area contributed by atoms with E-state index in [1.54, 1.807) is 24.4 Å². The van der Waals surface area contributed by atoms with E-state index >= 15 is 0 Å². The summed E-state index contributed by atoms with van der Waals surface area (Å²) >= 11 is 3.24. The van der Waals surface area contributed by atoms with Crippen molar-refractivity contribution in [3.8, 4) is 5.75 Å². The lowest BCUT2D eigenvalue weighted by Gasteiger charge is -2.07. The van der Waals surface area contributed by atoms with Crippen LogP contribution >= 0.6 is 15.9 Å². The van der Waals surface area contributed by atoms with Crippen molar-refractivity contribution in [1.29, 1.82) is 0 Å². The minimum absolute atomic E-state index is 0.0799. The largest absolute Gasteiger partial charge is 0.435 e. The molecule has 1 amide bonds. The number of rotatable bonds is 5. The van der Waals surface area contributed by atoms with Gasteiger partial charge in [-0.25, -0.2) is 0 Å². The molecule has 1 aromatic heterocycles. The molecule has 0 saturated heterocycles. The SMILES string of the molecule is O=C(NCc1ccc(OC(F)F)cc1)c1cncc(Br)c1. The van der Waals surface area contributed by atoms with Crippen molar-refractivity contribution < 1.29 is 18.3 Å². The van der Waals surface area contributed by atoms with Crippen LogP contribution in [0.1, 0.15) is 15.9 Å². The summed E-state index contributed by atoms with van der Waals surface area (Å²) in [7, 11) is 0. The summed E-state index contributed by atoms with van der Waals surface area (Å²) in [5.74, 6) is -0.187. The molecule has 4 nitrogen and oxygen atoms in total. The Hall–Kier alpha value is -2.02. The van der Waals surface area contributed by atoms with Crippen LogP contribution in [0.15, 0.2) is 47.2 Å². The minimum Gasteiger partial charge on any atom is -0.435 e. The Balaban J connectivity index is 1.92. The van der Waals surface area contributed by atoms with Crippen molar-refractivity contribution in [2.24, 2.45) is 0 Å². The summed E-state index contributed by atoms with van der Waals surface area (Å²) in [5, 5.41) is 2.71. The molecule has 110 valence electrons. The summed E-state index contributed by atoms with van der Waals surface area (Å²) in [6.07, 6.45) is 3.04. The molecule has 1 aromatic carbocycles. The van der Waals surface area contributed by atoms with Gasteiger partial charge in [-0.05, 0) is 39.7 Å². The van der Waals surface area contributed by atoms with E-state index in [1.165, 1.54) is 18.3 Å². The standard InChI is InChI=1S/C14H11BrF2N2O2/c15-11-5-10(7-18-8-11)13(20)19-6-9-1-3-12(4-2-9)21-14(16)17/h1-5,7-8,14H,6H2,(H,19,20). The summed E-state index contributed by atoms with van der Waals surface area (Å²) in [5.41, 5.74) is 1.20. The van der Waals surface area contributed by atoms with Crippen LogP contribution < -0.4 is 10.1 Å². The van der Waals surface area contributed by atoms with Gasteiger partial charge in [0.2, 0.25) is 0 Å². The van der Waals surface area contributed by atoms with E-state index in [2.05, 4.69) is 31.0 Å². The Bertz CT molecular complexity index is 621. The zero-order valence-electron chi connectivity index (χ0n) is 10.7. The number of halogens is 3. The molecule has 0 aliphatic heterocycles. The van der Waals surface area contributed by atoms with Crippen LogP contribution in [0.3, 0.4) is 0 Å². The van der Waals surface area contributed by atoms with Crippen molar-refractivity contribution in [1.82, 2.24) is 10.3 Å². The molecule has 0 fully saturated rings. The number of carbonyl (C=O) groups excluding carboxylic acids is 1. The van der Waals surface area contributed by atoms with Gasteiger partial charge >= 0.3 is 6.61 Å². The molecule has 21 heavy (non-hydrogen) atoms. The highest BCUT2D eigenvalue weighted by Crippen LogP contribution is 2.15. The van der Waals surface area contributed by atoms with E-state index in [-0.39, 0.29) is 18.2 Å². The molecule has 0 aliphatic rings.